The van der Waals surface area contributed by atoms with E-state index in [2.05, 4.69) is 4.98 Å². The number of nitrogens with zero attached hydrogens (tertiary/aromatic N) is 2. The zero-order valence-corrected chi connectivity index (χ0v) is 10.8. The van der Waals surface area contributed by atoms with Crippen molar-refractivity contribution in [3.63, 3.8) is 0 Å². The molecule has 1 fully saturated rings. The summed E-state index contributed by atoms with van der Waals surface area (Å²) in [7, 11) is 0. The SMILES string of the molecule is O=C(O)CCCC(=O)N1CCCC1c1cccnc1. The maximum atomic E-state index is 12.1. The van der Waals surface area contributed by atoms with Crippen molar-refractivity contribution < 1.29 is 14.7 Å². The molecule has 0 aromatic carbocycles. The number of amides is 1. The van der Waals surface area contributed by atoms with Gasteiger partial charge in [0.1, 0.15) is 0 Å². The van der Waals surface area contributed by atoms with E-state index in [0.29, 0.717) is 12.8 Å². The highest BCUT2D eigenvalue weighted by molar-refractivity contribution is 5.77. The van der Waals surface area contributed by atoms with Gasteiger partial charge in [0, 0.05) is 31.8 Å². The molecule has 1 aromatic rings. The molecular weight excluding hydrogens is 244 g/mol. The van der Waals surface area contributed by atoms with E-state index in [0.717, 1.165) is 24.9 Å². The molecule has 0 aliphatic carbocycles. The van der Waals surface area contributed by atoms with E-state index in [1.807, 2.05) is 17.0 Å². The summed E-state index contributed by atoms with van der Waals surface area (Å²) >= 11 is 0. The fourth-order valence-corrected chi connectivity index (χ4v) is 2.52. The first-order chi connectivity index (χ1) is 9.18. The number of pyridine rings is 1. The Hall–Kier alpha value is -1.91. The van der Waals surface area contributed by atoms with Crippen LogP contribution in [0.25, 0.3) is 0 Å². The Labute approximate surface area is 112 Å². The largest absolute Gasteiger partial charge is 0.481 e. The van der Waals surface area contributed by atoms with Gasteiger partial charge in [-0.1, -0.05) is 6.07 Å². The van der Waals surface area contributed by atoms with Crippen molar-refractivity contribution in [3.05, 3.63) is 30.1 Å². The van der Waals surface area contributed by atoms with Gasteiger partial charge in [-0.3, -0.25) is 14.6 Å². The molecule has 5 heteroatoms. The maximum Gasteiger partial charge on any atom is 0.303 e. The van der Waals surface area contributed by atoms with Crippen LogP contribution in [0.15, 0.2) is 24.5 Å². The summed E-state index contributed by atoms with van der Waals surface area (Å²) in [5, 5.41) is 8.59. The summed E-state index contributed by atoms with van der Waals surface area (Å²) in [5.41, 5.74) is 1.06. The zero-order chi connectivity index (χ0) is 13.7. The average Bonchev–Trinajstić information content (AvgIpc) is 2.88. The van der Waals surface area contributed by atoms with Crippen LogP contribution in [0.1, 0.15) is 43.7 Å². The van der Waals surface area contributed by atoms with Crippen LogP contribution in [0.5, 0.6) is 0 Å². The van der Waals surface area contributed by atoms with E-state index in [1.54, 1.807) is 12.4 Å². The summed E-state index contributed by atoms with van der Waals surface area (Å²) in [6.07, 6.45) is 6.23. The molecule has 2 heterocycles. The smallest absolute Gasteiger partial charge is 0.303 e. The molecule has 1 aliphatic rings. The van der Waals surface area contributed by atoms with Gasteiger partial charge in [-0.15, -0.1) is 0 Å². The standard InChI is InChI=1S/C14H18N2O3/c17-13(6-1-7-14(18)19)16-9-3-5-12(16)11-4-2-8-15-10-11/h2,4,8,10,12H,1,3,5-7,9H2,(H,18,19). The highest BCUT2D eigenvalue weighted by Gasteiger charge is 2.29. The topological polar surface area (TPSA) is 70.5 Å². The van der Waals surface area contributed by atoms with Gasteiger partial charge in [0.25, 0.3) is 0 Å². The van der Waals surface area contributed by atoms with Crippen molar-refractivity contribution >= 4 is 11.9 Å². The van der Waals surface area contributed by atoms with Crippen molar-refractivity contribution in [3.8, 4) is 0 Å². The molecule has 0 spiro atoms. The number of carboxylic acids is 1. The number of hydrogen-bond acceptors (Lipinski definition) is 3. The first kappa shape index (κ1) is 13.5. The quantitative estimate of drug-likeness (QED) is 0.881. The summed E-state index contributed by atoms with van der Waals surface area (Å²) in [4.78, 5) is 28.5. The number of hydrogen-bond donors (Lipinski definition) is 1. The summed E-state index contributed by atoms with van der Waals surface area (Å²) in [6, 6.07) is 3.97. The Kier molecular flexibility index (Phi) is 4.49. The van der Waals surface area contributed by atoms with Crippen molar-refractivity contribution in [1.29, 1.82) is 0 Å². The van der Waals surface area contributed by atoms with E-state index in [4.69, 9.17) is 5.11 Å². The summed E-state index contributed by atoms with van der Waals surface area (Å²) in [5.74, 6) is -0.800. The lowest BCUT2D eigenvalue weighted by molar-refractivity contribution is -0.137. The molecule has 1 aliphatic heterocycles. The predicted octanol–water partition coefficient (Wildman–Crippen LogP) is 2.00. The third-order valence-corrected chi connectivity index (χ3v) is 3.42. The Morgan fingerprint density at radius 1 is 1.42 bits per heavy atom. The third-order valence-electron chi connectivity index (χ3n) is 3.42. The van der Waals surface area contributed by atoms with E-state index >= 15 is 0 Å². The number of rotatable bonds is 5. The van der Waals surface area contributed by atoms with Crippen LogP contribution in [0.3, 0.4) is 0 Å². The van der Waals surface area contributed by atoms with Gasteiger partial charge in [-0.25, -0.2) is 0 Å². The Morgan fingerprint density at radius 2 is 2.26 bits per heavy atom. The Balaban J connectivity index is 1.95. The number of carboxylic acid groups (broad SMARTS) is 1. The van der Waals surface area contributed by atoms with Crippen LogP contribution in [0, 0.1) is 0 Å². The van der Waals surface area contributed by atoms with Gasteiger partial charge in [-0.2, -0.15) is 0 Å². The molecule has 1 unspecified atom stereocenters. The number of likely N-dealkylation sites (tertiary alicyclic amines) is 1. The lowest BCUT2D eigenvalue weighted by atomic mass is 10.1. The number of aliphatic carboxylic acids is 1. The fraction of sp³-hybridized carbons (Fsp3) is 0.500. The molecule has 1 N–H and O–H groups in total. The second-order valence-electron chi connectivity index (χ2n) is 4.78. The van der Waals surface area contributed by atoms with Gasteiger partial charge >= 0.3 is 5.97 Å². The van der Waals surface area contributed by atoms with Crippen molar-refractivity contribution in [2.24, 2.45) is 0 Å². The van der Waals surface area contributed by atoms with Crippen LogP contribution in [0.2, 0.25) is 0 Å². The van der Waals surface area contributed by atoms with Crippen LogP contribution in [-0.4, -0.2) is 33.4 Å². The van der Waals surface area contributed by atoms with E-state index < -0.39 is 5.97 Å². The van der Waals surface area contributed by atoms with E-state index in [1.165, 1.54) is 0 Å². The number of carbonyl (C=O) groups is 2. The monoisotopic (exact) mass is 262 g/mol. The summed E-state index contributed by atoms with van der Waals surface area (Å²) in [6.45, 7) is 0.755. The van der Waals surface area contributed by atoms with Crippen molar-refractivity contribution in [1.82, 2.24) is 9.88 Å². The van der Waals surface area contributed by atoms with Crippen molar-refractivity contribution in [2.45, 2.75) is 38.1 Å². The van der Waals surface area contributed by atoms with Crippen molar-refractivity contribution in [2.75, 3.05) is 6.54 Å². The summed E-state index contributed by atoms with van der Waals surface area (Å²) < 4.78 is 0. The predicted molar refractivity (Wildman–Crippen MR) is 69.4 cm³/mol. The highest BCUT2D eigenvalue weighted by Crippen LogP contribution is 2.31. The number of carbonyl (C=O) groups excluding carboxylic acids is 1. The second kappa shape index (κ2) is 6.31. The minimum Gasteiger partial charge on any atom is -0.481 e. The highest BCUT2D eigenvalue weighted by atomic mass is 16.4. The molecule has 0 bridgehead atoms. The van der Waals surface area contributed by atoms with Gasteiger partial charge < -0.3 is 10.0 Å². The molecule has 19 heavy (non-hydrogen) atoms. The molecule has 1 aromatic heterocycles. The van der Waals surface area contributed by atoms with Gasteiger partial charge in [0.15, 0.2) is 0 Å². The zero-order valence-electron chi connectivity index (χ0n) is 10.8. The minimum absolute atomic E-state index is 0.0487. The molecule has 0 radical (unpaired) electrons. The lowest BCUT2D eigenvalue weighted by Crippen LogP contribution is -2.30. The van der Waals surface area contributed by atoms with E-state index in [-0.39, 0.29) is 18.4 Å². The molecule has 1 amide bonds. The van der Waals surface area contributed by atoms with Crippen LogP contribution < -0.4 is 0 Å². The molecule has 0 saturated carbocycles. The first-order valence-corrected chi connectivity index (χ1v) is 6.59. The molecular formula is C14H18N2O3. The molecule has 102 valence electrons. The normalized spacial score (nSPS) is 18.5. The molecule has 5 nitrogen and oxygen atoms in total. The molecule has 1 atom stereocenters. The van der Waals surface area contributed by atoms with Crippen LogP contribution in [0.4, 0.5) is 0 Å². The van der Waals surface area contributed by atoms with Crippen LogP contribution >= 0.6 is 0 Å². The number of aromatic nitrogens is 1. The maximum absolute atomic E-state index is 12.1. The second-order valence-corrected chi connectivity index (χ2v) is 4.78. The molecule has 1 saturated heterocycles. The Morgan fingerprint density at radius 3 is 2.95 bits per heavy atom. The average molecular weight is 262 g/mol. The lowest BCUT2D eigenvalue weighted by Gasteiger charge is -2.24. The van der Waals surface area contributed by atoms with Gasteiger partial charge in [0.2, 0.25) is 5.91 Å². The third kappa shape index (κ3) is 3.53. The first-order valence-electron chi connectivity index (χ1n) is 6.59. The van der Waals surface area contributed by atoms with Gasteiger partial charge in [-0.05, 0) is 30.9 Å². The fourth-order valence-electron chi connectivity index (χ4n) is 2.52. The van der Waals surface area contributed by atoms with Gasteiger partial charge in [0.05, 0.1) is 6.04 Å². The minimum atomic E-state index is -0.849. The molecule has 2 rings (SSSR count). The Bertz CT molecular complexity index is 447. The van der Waals surface area contributed by atoms with E-state index in [9.17, 15) is 9.59 Å². The van der Waals surface area contributed by atoms with Crippen LogP contribution in [-0.2, 0) is 9.59 Å².